The van der Waals surface area contributed by atoms with Gasteiger partial charge in [-0.05, 0) is 49.6 Å². The van der Waals surface area contributed by atoms with Crippen LogP contribution in [0.2, 0.25) is 0 Å². The molecule has 1 saturated heterocycles. The first-order valence-corrected chi connectivity index (χ1v) is 13.8. The number of ether oxygens (including phenoxy) is 1. The van der Waals surface area contributed by atoms with E-state index in [1.807, 2.05) is 32.2 Å². The maximum atomic E-state index is 13.1. The Hall–Kier alpha value is -3.20. The molecule has 2 aromatic carbocycles. The SMILES string of the molecule is Cc1nc(N2CCC(C(=O)N(C)C[C@@H]3Cc4ccccc4O3)CC2)nc2cc(S(C)(=O)=O)ccc12. The first-order chi connectivity index (χ1) is 16.7. The number of carbonyl (C=O) groups excluding carboxylic acids is 1. The summed E-state index contributed by atoms with van der Waals surface area (Å²) < 4.78 is 30.0. The number of likely N-dealkylation sites (N-methyl/N-ethyl adjacent to an activating group) is 1. The lowest BCUT2D eigenvalue weighted by Gasteiger charge is -2.34. The van der Waals surface area contributed by atoms with E-state index in [1.165, 1.54) is 11.8 Å². The van der Waals surface area contributed by atoms with E-state index in [2.05, 4.69) is 20.9 Å². The molecule has 1 aromatic heterocycles. The van der Waals surface area contributed by atoms with Crippen molar-refractivity contribution in [1.29, 1.82) is 0 Å². The van der Waals surface area contributed by atoms with Crippen LogP contribution in [0, 0.1) is 12.8 Å². The second-order valence-corrected chi connectivity index (χ2v) is 11.6. The molecule has 1 amide bonds. The van der Waals surface area contributed by atoms with Crippen molar-refractivity contribution in [1.82, 2.24) is 14.9 Å². The Balaban J connectivity index is 1.22. The highest BCUT2D eigenvalue weighted by molar-refractivity contribution is 7.90. The summed E-state index contributed by atoms with van der Waals surface area (Å²) in [4.78, 5) is 26.6. The van der Waals surface area contributed by atoms with E-state index in [4.69, 9.17) is 4.74 Å². The van der Waals surface area contributed by atoms with Gasteiger partial charge in [-0.1, -0.05) is 18.2 Å². The Morgan fingerprint density at radius 1 is 1.14 bits per heavy atom. The van der Waals surface area contributed by atoms with Crippen molar-refractivity contribution in [2.75, 3.05) is 37.8 Å². The van der Waals surface area contributed by atoms with E-state index in [1.54, 1.807) is 23.1 Å². The minimum Gasteiger partial charge on any atom is -0.488 e. The van der Waals surface area contributed by atoms with E-state index in [0.717, 1.165) is 36.1 Å². The molecule has 1 fully saturated rings. The number of anilines is 1. The van der Waals surface area contributed by atoms with Crippen LogP contribution in [0.15, 0.2) is 47.4 Å². The number of carbonyl (C=O) groups is 1. The fourth-order valence-electron chi connectivity index (χ4n) is 5.01. The molecule has 0 bridgehead atoms. The lowest BCUT2D eigenvalue weighted by atomic mass is 9.95. The summed E-state index contributed by atoms with van der Waals surface area (Å²) in [6.45, 7) is 3.82. The minimum absolute atomic E-state index is 0.00719. The highest BCUT2D eigenvalue weighted by Crippen LogP contribution is 2.30. The third kappa shape index (κ3) is 4.82. The molecule has 3 aromatic rings. The second kappa shape index (κ2) is 9.11. The molecule has 0 N–H and O–H groups in total. The van der Waals surface area contributed by atoms with Crippen molar-refractivity contribution < 1.29 is 17.9 Å². The number of hydrogen-bond donors (Lipinski definition) is 0. The van der Waals surface area contributed by atoms with Gasteiger partial charge in [-0.2, -0.15) is 0 Å². The maximum absolute atomic E-state index is 13.1. The van der Waals surface area contributed by atoms with Gasteiger partial charge in [-0.25, -0.2) is 18.4 Å². The van der Waals surface area contributed by atoms with Crippen molar-refractivity contribution in [2.45, 2.75) is 37.2 Å². The van der Waals surface area contributed by atoms with Crippen LogP contribution in [0.4, 0.5) is 5.95 Å². The van der Waals surface area contributed by atoms with Gasteiger partial charge < -0.3 is 14.5 Å². The number of benzene rings is 2. The number of amides is 1. The van der Waals surface area contributed by atoms with Crippen LogP contribution < -0.4 is 9.64 Å². The molecule has 9 heteroatoms. The number of rotatable bonds is 5. The normalized spacial score (nSPS) is 18.4. The van der Waals surface area contributed by atoms with Crippen molar-refractivity contribution in [2.24, 2.45) is 5.92 Å². The highest BCUT2D eigenvalue weighted by Gasteiger charge is 2.31. The van der Waals surface area contributed by atoms with Crippen LogP contribution in [0.1, 0.15) is 24.1 Å². The van der Waals surface area contributed by atoms with Crippen molar-refractivity contribution >= 4 is 32.6 Å². The fourth-order valence-corrected chi connectivity index (χ4v) is 5.66. The molecule has 0 spiro atoms. The van der Waals surface area contributed by atoms with E-state index in [0.29, 0.717) is 31.1 Å². The summed E-state index contributed by atoms with van der Waals surface area (Å²) in [5.41, 5.74) is 2.62. The smallest absolute Gasteiger partial charge is 0.226 e. The Kier molecular flexibility index (Phi) is 6.13. The Labute approximate surface area is 205 Å². The number of aryl methyl sites for hydroxylation is 1. The summed E-state index contributed by atoms with van der Waals surface area (Å²) in [7, 11) is -1.46. The molecule has 2 aliphatic rings. The number of aromatic nitrogens is 2. The van der Waals surface area contributed by atoms with Crippen LogP contribution in [-0.2, 0) is 21.1 Å². The average molecular weight is 495 g/mol. The largest absolute Gasteiger partial charge is 0.488 e. The summed E-state index contributed by atoms with van der Waals surface area (Å²) in [5, 5.41) is 0.837. The molecular formula is C26H30N4O4S. The van der Waals surface area contributed by atoms with Crippen molar-refractivity contribution in [3.05, 3.63) is 53.7 Å². The van der Waals surface area contributed by atoms with Gasteiger partial charge in [-0.15, -0.1) is 0 Å². The lowest BCUT2D eigenvalue weighted by Crippen LogP contribution is -2.44. The predicted molar refractivity (Wildman–Crippen MR) is 135 cm³/mol. The monoisotopic (exact) mass is 494 g/mol. The van der Waals surface area contributed by atoms with Gasteiger partial charge >= 0.3 is 0 Å². The molecule has 2 aliphatic heterocycles. The van der Waals surface area contributed by atoms with Gasteiger partial charge in [0, 0.05) is 44.1 Å². The molecule has 8 nitrogen and oxygen atoms in total. The van der Waals surface area contributed by atoms with Gasteiger partial charge in [0.2, 0.25) is 11.9 Å². The summed E-state index contributed by atoms with van der Waals surface area (Å²) in [6, 6.07) is 13.0. The molecule has 0 saturated carbocycles. The molecule has 3 heterocycles. The van der Waals surface area contributed by atoms with Crippen LogP contribution in [-0.4, -0.2) is 68.2 Å². The van der Waals surface area contributed by atoms with Gasteiger partial charge in [-0.3, -0.25) is 4.79 Å². The molecule has 1 atom stereocenters. The van der Waals surface area contributed by atoms with E-state index >= 15 is 0 Å². The molecule has 5 rings (SSSR count). The number of fused-ring (bicyclic) bond motifs is 2. The Morgan fingerprint density at radius 2 is 1.89 bits per heavy atom. The van der Waals surface area contributed by atoms with Gasteiger partial charge in [0.15, 0.2) is 9.84 Å². The van der Waals surface area contributed by atoms with E-state index in [-0.39, 0.29) is 22.8 Å². The average Bonchev–Trinajstić information content (AvgIpc) is 3.25. The number of sulfone groups is 1. The molecule has 0 aliphatic carbocycles. The summed E-state index contributed by atoms with van der Waals surface area (Å²) >= 11 is 0. The number of piperidine rings is 1. The topological polar surface area (TPSA) is 92.7 Å². The summed E-state index contributed by atoms with van der Waals surface area (Å²) in [5.74, 6) is 1.61. The quantitative estimate of drug-likeness (QED) is 0.538. The number of para-hydroxylation sites is 1. The first kappa shape index (κ1) is 23.5. The van der Waals surface area contributed by atoms with Crippen LogP contribution >= 0.6 is 0 Å². The molecule has 0 unspecified atom stereocenters. The first-order valence-electron chi connectivity index (χ1n) is 11.9. The van der Waals surface area contributed by atoms with Crippen LogP contribution in [0.25, 0.3) is 10.9 Å². The Bertz CT molecular complexity index is 1360. The highest BCUT2D eigenvalue weighted by atomic mass is 32.2. The predicted octanol–water partition coefficient (Wildman–Crippen LogP) is 3.02. The number of hydrogen-bond acceptors (Lipinski definition) is 7. The number of nitrogens with zero attached hydrogens (tertiary/aromatic N) is 4. The zero-order valence-electron chi connectivity index (χ0n) is 20.3. The third-order valence-corrected chi connectivity index (χ3v) is 8.08. The summed E-state index contributed by atoms with van der Waals surface area (Å²) in [6.07, 6.45) is 3.45. The van der Waals surface area contributed by atoms with E-state index in [9.17, 15) is 13.2 Å². The second-order valence-electron chi connectivity index (χ2n) is 9.59. The zero-order valence-corrected chi connectivity index (χ0v) is 21.1. The van der Waals surface area contributed by atoms with E-state index < -0.39 is 9.84 Å². The van der Waals surface area contributed by atoms with Crippen LogP contribution in [0.3, 0.4) is 0 Å². The molecule has 35 heavy (non-hydrogen) atoms. The standard InChI is InChI=1S/C26H30N4O4S/c1-17-22-9-8-21(35(3,32)33)15-23(22)28-26(27-17)30-12-10-18(11-13-30)25(31)29(2)16-20-14-19-6-4-5-7-24(19)34-20/h4-9,15,18,20H,10-14,16H2,1-3H3/t20-/m0/s1. The van der Waals surface area contributed by atoms with Gasteiger partial charge in [0.25, 0.3) is 0 Å². The molecule has 0 radical (unpaired) electrons. The molecule has 184 valence electrons. The van der Waals surface area contributed by atoms with Crippen LogP contribution in [0.5, 0.6) is 5.75 Å². The van der Waals surface area contributed by atoms with Gasteiger partial charge in [0.1, 0.15) is 11.9 Å². The minimum atomic E-state index is -3.32. The zero-order chi connectivity index (χ0) is 24.7. The Morgan fingerprint density at radius 3 is 2.60 bits per heavy atom. The fraction of sp³-hybridized carbons (Fsp3) is 0.423. The molecular weight excluding hydrogens is 464 g/mol. The third-order valence-electron chi connectivity index (χ3n) is 6.97. The van der Waals surface area contributed by atoms with Gasteiger partial charge in [0.05, 0.1) is 22.7 Å². The van der Waals surface area contributed by atoms with Crippen molar-refractivity contribution in [3.63, 3.8) is 0 Å². The maximum Gasteiger partial charge on any atom is 0.226 e. The van der Waals surface area contributed by atoms with Crippen molar-refractivity contribution in [3.8, 4) is 5.75 Å². The lowest BCUT2D eigenvalue weighted by molar-refractivity contribution is -0.135.